The van der Waals surface area contributed by atoms with Crippen molar-refractivity contribution in [2.75, 3.05) is 0 Å². The highest BCUT2D eigenvalue weighted by Crippen LogP contribution is 2.30. The number of hydrazone groups is 1. The number of nitrogens with zero attached hydrogens (tertiary/aromatic N) is 1. The Morgan fingerprint density at radius 2 is 1.95 bits per heavy atom. The fourth-order valence-electron chi connectivity index (χ4n) is 1.64. The van der Waals surface area contributed by atoms with Crippen molar-refractivity contribution in [2.24, 2.45) is 5.10 Å². The molecule has 0 saturated heterocycles. The molecule has 0 saturated carbocycles. The number of hydrogen-bond acceptors (Lipinski definition) is 3. The summed E-state index contributed by atoms with van der Waals surface area (Å²) < 4.78 is 43.3. The van der Waals surface area contributed by atoms with Crippen LogP contribution in [0.4, 0.5) is 13.2 Å². The number of hydrogen-bond donors (Lipinski definition) is 1. The third kappa shape index (κ3) is 3.71. The third-order valence-corrected chi connectivity index (χ3v) is 2.60. The molecular weight excluding hydrogens is 285 g/mol. The van der Waals surface area contributed by atoms with Crippen molar-refractivity contribution >= 4 is 12.1 Å². The molecule has 0 fully saturated rings. The number of alkyl halides is 3. The van der Waals surface area contributed by atoms with E-state index in [0.29, 0.717) is 5.76 Å². The first-order valence-electron chi connectivity index (χ1n) is 5.94. The van der Waals surface area contributed by atoms with E-state index in [2.05, 4.69) is 10.5 Å². The van der Waals surface area contributed by atoms with Crippen molar-refractivity contribution in [3.63, 3.8) is 0 Å². The van der Waals surface area contributed by atoms with E-state index in [0.717, 1.165) is 12.3 Å². The molecule has 7 heteroatoms. The topological polar surface area (TPSA) is 54.6 Å². The summed E-state index contributed by atoms with van der Waals surface area (Å²) in [5, 5.41) is 3.52. The monoisotopic (exact) mass is 296 g/mol. The molecular formula is C14H11F3N2O2. The summed E-state index contributed by atoms with van der Waals surface area (Å²) in [5.74, 6) is -0.0517. The molecule has 0 atom stereocenters. The Balaban J connectivity index is 2.10. The van der Waals surface area contributed by atoms with Gasteiger partial charge in [0.25, 0.3) is 0 Å². The molecule has 0 aliphatic heterocycles. The molecule has 1 aromatic heterocycles. The van der Waals surface area contributed by atoms with Crippen LogP contribution in [0.3, 0.4) is 0 Å². The standard InChI is InChI=1S/C14H11F3N2O2/c1-9-6-7-12(21-9)13(20)19-18-8-10-4-2-3-5-11(10)14(15,16)17/h2-8H,1H3,(H,19,20). The lowest BCUT2D eigenvalue weighted by molar-refractivity contribution is -0.137. The van der Waals surface area contributed by atoms with Crippen LogP contribution in [-0.4, -0.2) is 12.1 Å². The fraction of sp³-hybridized carbons (Fsp3) is 0.143. The molecule has 1 aromatic carbocycles. The van der Waals surface area contributed by atoms with Gasteiger partial charge in [-0.05, 0) is 25.1 Å². The molecule has 0 spiro atoms. The van der Waals surface area contributed by atoms with Crippen molar-refractivity contribution in [2.45, 2.75) is 13.1 Å². The van der Waals surface area contributed by atoms with Crippen LogP contribution in [0.25, 0.3) is 0 Å². The van der Waals surface area contributed by atoms with E-state index in [1.54, 1.807) is 13.0 Å². The summed E-state index contributed by atoms with van der Waals surface area (Å²) in [6, 6.07) is 7.98. The van der Waals surface area contributed by atoms with E-state index in [-0.39, 0.29) is 11.3 Å². The second kappa shape index (κ2) is 5.82. The van der Waals surface area contributed by atoms with Gasteiger partial charge in [0.2, 0.25) is 0 Å². The van der Waals surface area contributed by atoms with Gasteiger partial charge in [-0.2, -0.15) is 18.3 Å². The largest absolute Gasteiger partial charge is 0.456 e. The van der Waals surface area contributed by atoms with Gasteiger partial charge in [0, 0.05) is 5.56 Å². The highest BCUT2D eigenvalue weighted by Gasteiger charge is 2.32. The Morgan fingerprint density at radius 1 is 1.24 bits per heavy atom. The van der Waals surface area contributed by atoms with Crippen LogP contribution in [0.2, 0.25) is 0 Å². The van der Waals surface area contributed by atoms with E-state index >= 15 is 0 Å². The summed E-state index contributed by atoms with van der Waals surface area (Å²) in [5.41, 5.74) is 1.15. The van der Waals surface area contributed by atoms with E-state index in [4.69, 9.17) is 4.42 Å². The summed E-state index contributed by atoms with van der Waals surface area (Å²) in [6.07, 6.45) is -3.54. The lowest BCUT2D eigenvalue weighted by Crippen LogP contribution is -2.17. The van der Waals surface area contributed by atoms with Crippen molar-refractivity contribution < 1.29 is 22.4 Å². The number of aryl methyl sites for hydroxylation is 1. The van der Waals surface area contributed by atoms with Gasteiger partial charge in [0.05, 0.1) is 11.8 Å². The zero-order chi connectivity index (χ0) is 15.5. The van der Waals surface area contributed by atoms with Crippen LogP contribution >= 0.6 is 0 Å². The molecule has 0 aliphatic rings. The van der Waals surface area contributed by atoms with Crippen LogP contribution in [0.15, 0.2) is 45.9 Å². The maximum absolute atomic E-state index is 12.7. The third-order valence-electron chi connectivity index (χ3n) is 2.60. The van der Waals surface area contributed by atoms with E-state index < -0.39 is 17.6 Å². The van der Waals surface area contributed by atoms with Gasteiger partial charge in [-0.3, -0.25) is 4.79 Å². The number of carbonyl (C=O) groups excluding carboxylic acids is 1. The van der Waals surface area contributed by atoms with Crippen LogP contribution in [0, 0.1) is 6.92 Å². The summed E-state index contributed by atoms with van der Waals surface area (Å²) in [6.45, 7) is 1.67. The fourth-order valence-corrected chi connectivity index (χ4v) is 1.64. The molecule has 4 nitrogen and oxygen atoms in total. The highest BCUT2D eigenvalue weighted by atomic mass is 19.4. The minimum Gasteiger partial charge on any atom is -0.456 e. The van der Waals surface area contributed by atoms with Crippen LogP contribution < -0.4 is 5.43 Å². The smallest absolute Gasteiger partial charge is 0.417 e. The Hall–Kier alpha value is -2.57. The first-order valence-corrected chi connectivity index (χ1v) is 5.94. The Labute approximate surface area is 118 Å². The molecule has 0 radical (unpaired) electrons. The second-order valence-electron chi connectivity index (χ2n) is 4.19. The van der Waals surface area contributed by atoms with Gasteiger partial charge in [0.15, 0.2) is 5.76 Å². The molecule has 0 unspecified atom stereocenters. The van der Waals surface area contributed by atoms with E-state index in [1.165, 1.54) is 24.3 Å². The maximum Gasteiger partial charge on any atom is 0.417 e. The molecule has 1 amide bonds. The van der Waals surface area contributed by atoms with Crippen LogP contribution in [0.1, 0.15) is 27.4 Å². The summed E-state index contributed by atoms with van der Waals surface area (Å²) in [4.78, 5) is 11.6. The number of nitrogens with one attached hydrogen (secondary N) is 1. The highest BCUT2D eigenvalue weighted by molar-refractivity contribution is 5.92. The lowest BCUT2D eigenvalue weighted by atomic mass is 10.1. The molecule has 0 aliphatic carbocycles. The van der Waals surface area contributed by atoms with Crippen molar-refractivity contribution in [1.29, 1.82) is 0 Å². The molecule has 0 bridgehead atoms. The minimum atomic E-state index is -4.48. The predicted molar refractivity (Wildman–Crippen MR) is 69.9 cm³/mol. The van der Waals surface area contributed by atoms with Crippen molar-refractivity contribution in [3.05, 3.63) is 59.0 Å². The second-order valence-corrected chi connectivity index (χ2v) is 4.19. The summed E-state index contributed by atoms with van der Waals surface area (Å²) in [7, 11) is 0. The van der Waals surface area contributed by atoms with Crippen LogP contribution in [0.5, 0.6) is 0 Å². The normalized spacial score (nSPS) is 11.8. The number of carbonyl (C=O) groups is 1. The molecule has 110 valence electrons. The predicted octanol–water partition coefficient (Wildman–Crippen LogP) is 3.37. The van der Waals surface area contributed by atoms with Gasteiger partial charge < -0.3 is 4.42 Å². The number of amides is 1. The quantitative estimate of drug-likeness (QED) is 0.697. The van der Waals surface area contributed by atoms with Gasteiger partial charge in [-0.15, -0.1) is 0 Å². The first kappa shape index (κ1) is 14.8. The van der Waals surface area contributed by atoms with E-state index in [1.807, 2.05) is 0 Å². The van der Waals surface area contributed by atoms with Gasteiger partial charge in [0.1, 0.15) is 5.76 Å². The number of rotatable bonds is 3. The molecule has 2 rings (SSSR count). The average molecular weight is 296 g/mol. The van der Waals surface area contributed by atoms with Gasteiger partial charge in [-0.1, -0.05) is 18.2 Å². The summed E-state index contributed by atoms with van der Waals surface area (Å²) >= 11 is 0. The van der Waals surface area contributed by atoms with Gasteiger partial charge >= 0.3 is 12.1 Å². The molecule has 21 heavy (non-hydrogen) atoms. The zero-order valence-electron chi connectivity index (χ0n) is 10.9. The Morgan fingerprint density at radius 3 is 2.57 bits per heavy atom. The number of furan rings is 1. The van der Waals surface area contributed by atoms with Crippen molar-refractivity contribution in [3.8, 4) is 0 Å². The average Bonchev–Trinajstić information content (AvgIpc) is 2.85. The Kier molecular flexibility index (Phi) is 4.11. The Bertz CT molecular complexity index is 675. The molecule has 1 heterocycles. The molecule has 1 N–H and O–H groups in total. The first-order chi connectivity index (χ1) is 9.88. The number of halogens is 3. The van der Waals surface area contributed by atoms with E-state index in [9.17, 15) is 18.0 Å². The number of benzene rings is 1. The SMILES string of the molecule is Cc1ccc(C(=O)NN=Cc2ccccc2C(F)(F)F)o1. The lowest BCUT2D eigenvalue weighted by Gasteiger charge is -2.09. The van der Waals surface area contributed by atoms with Gasteiger partial charge in [-0.25, -0.2) is 5.43 Å². The molecule has 2 aromatic rings. The maximum atomic E-state index is 12.7. The zero-order valence-corrected chi connectivity index (χ0v) is 10.9. The van der Waals surface area contributed by atoms with Crippen LogP contribution in [-0.2, 0) is 6.18 Å². The van der Waals surface area contributed by atoms with Crippen molar-refractivity contribution in [1.82, 2.24) is 5.43 Å². The minimum absolute atomic E-state index is 0.0359.